The fraction of sp³-hybridized carbons (Fsp3) is 0.581. The van der Waals surface area contributed by atoms with Crippen LogP contribution in [0.1, 0.15) is 81.6 Å². The number of hydrogen-bond donors (Lipinski definition) is 1. The third kappa shape index (κ3) is 8.33. The molecule has 5 nitrogen and oxygen atoms in total. The highest BCUT2D eigenvalue weighted by Gasteiger charge is 2.32. The largest absolute Gasteiger partial charge is 0.464 e. The molecule has 2 atom stereocenters. The van der Waals surface area contributed by atoms with Gasteiger partial charge in [-0.3, -0.25) is 9.59 Å². The van der Waals surface area contributed by atoms with Gasteiger partial charge < -0.3 is 10.1 Å². The molecule has 2 rings (SSSR count). The van der Waals surface area contributed by atoms with Crippen molar-refractivity contribution in [3.8, 4) is 0 Å². The van der Waals surface area contributed by atoms with Crippen LogP contribution < -0.4 is 5.32 Å². The lowest BCUT2D eigenvalue weighted by atomic mass is 9.73. The molecule has 0 bridgehead atoms. The van der Waals surface area contributed by atoms with Crippen LogP contribution in [-0.2, 0) is 19.1 Å². The van der Waals surface area contributed by atoms with Crippen molar-refractivity contribution in [3.05, 3.63) is 58.4 Å². The molecule has 0 aliphatic heterocycles. The minimum atomic E-state index is -0.615. The molecule has 2 aliphatic carbocycles. The molecule has 37 heavy (non-hydrogen) atoms. The number of carbonyl (C=O) groups is 3. The zero-order chi connectivity index (χ0) is 28.0. The first-order valence-electron chi connectivity index (χ1n) is 13.3. The lowest BCUT2D eigenvalue weighted by Crippen LogP contribution is -2.40. The number of hydrogen-bond acceptors (Lipinski definition) is 6. The molecule has 2 aliphatic rings. The van der Waals surface area contributed by atoms with Gasteiger partial charge in [-0.15, -0.1) is 0 Å². The Hall–Kier alpha value is -2.34. The molecule has 0 amide bonds. The monoisotopic (exact) mass is 527 g/mol. The van der Waals surface area contributed by atoms with E-state index in [-0.39, 0.29) is 40.2 Å². The van der Waals surface area contributed by atoms with Crippen LogP contribution in [0.2, 0.25) is 0 Å². The molecular formula is C31H45NO4S. The standard InChI is InChI=1S/C31H45NO4S/c1-10-36-29(35)24(32-22(4)17-25(33)27-20(2)13-11-15-30(27,6)7)19-37-23(5)18-26(34)28-21(3)14-12-16-31(28,8)9/h11-14,17,23-24,32H,10,15-16,18-19H2,1-9H3/b22-17+. The summed E-state index contributed by atoms with van der Waals surface area (Å²) in [5.41, 5.74) is 3.94. The quantitative estimate of drug-likeness (QED) is 0.226. The minimum Gasteiger partial charge on any atom is -0.464 e. The summed E-state index contributed by atoms with van der Waals surface area (Å²) in [5.74, 6) is 0.201. The molecule has 1 N–H and O–H groups in total. The van der Waals surface area contributed by atoms with E-state index in [0.29, 0.717) is 17.9 Å². The molecule has 0 spiro atoms. The SMILES string of the molecule is CCOC(=O)C(CSC(C)CC(=O)C1=C(C)C=CCC1(C)C)N/C(C)=C/C(=O)C1=C(C)C=CCC1(C)C. The zero-order valence-corrected chi connectivity index (χ0v) is 24.9. The highest BCUT2D eigenvalue weighted by atomic mass is 32.2. The second-order valence-electron chi connectivity index (χ2n) is 11.5. The number of ether oxygens (including phenoxy) is 1. The van der Waals surface area contributed by atoms with E-state index in [9.17, 15) is 14.4 Å². The number of esters is 1. The first-order valence-corrected chi connectivity index (χ1v) is 14.3. The lowest BCUT2D eigenvalue weighted by Gasteiger charge is -2.31. The molecule has 0 aromatic rings. The maximum Gasteiger partial charge on any atom is 0.329 e. The second kappa shape index (κ2) is 12.9. The summed E-state index contributed by atoms with van der Waals surface area (Å²) in [6.45, 7) is 18.2. The summed E-state index contributed by atoms with van der Waals surface area (Å²) in [6.07, 6.45) is 11.9. The van der Waals surface area contributed by atoms with Gasteiger partial charge in [-0.05, 0) is 62.5 Å². The van der Waals surface area contributed by atoms with E-state index in [1.807, 2.05) is 32.9 Å². The van der Waals surface area contributed by atoms with Crippen molar-refractivity contribution >= 4 is 29.3 Å². The molecule has 0 saturated carbocycles. The molecule has 0 aromatic carbocycles. The molecular weight excluding hydrogens is 482 g/mol. The lowest BCUT2D eigenvalue weighted by molar-refractivity contribution is -0.144. The van der Waals surface area contributed by atoms with Gasteiger partial charge in [0.1, 0.15) is 6.04 Å². The van der Waals surface area contributed by atoms with Crippen molar-refractivity contribution in [2.45, 2.75) is 92.9 Å². The van der Waals surface area contributed by atoms with Crippen molar-refractivity contribution in [1.82, 2.24) is 5.32 Å². The van der Waals surface area contributed by atoms with E-state index >= 15 is 0 Å². The van der Waals surface area contributed by atoms with Gasteiger partial charge in [0.25, 0.3) is 0 Å². The fourth-order valence-corrected chi connectivity index (χ4v) is 6.31. The summed E-state index contributed by atoms with van der Waals surface area (Å²) in [7, 11) is 0. The maximum atomic E-state index is 13.2. The highest BCUT2D eigenvalue weighted by molar-refractivity contribution is 7.99. The number of rotatable bonds is 12. The van der Waals surface area contributed by atoms with Crippen LogP contribution in [0, 0.1) is 10.8 Å². The van der Waals surface area contributed by atoms with Crippen LogP contribution >= 0.6 is 11.8 Å². The van der Waals surface area contributed by atoms with Crippen molar-refractivity contribution in [2.75, 3.05) is 12.4 Å². The highest BCUT2D eigenvalue weighted by Crippen LogP contribution is 2.39. The Morgan fingerprint density at radius 2 is 1.57 bits per heavy atom. The first kappa shape index (κ1) is 30.9. The van der Waals surface area contributed by atoms with E-state index in [4.69, 9.17) is 4.74 Å². The van der Waals surface area contributed by atoms with Crippen LogP contribution in [0.5, 0.6) is 0 Å². The third-order valence-corrected chi connectivity index (χ3v) is 8.26. The minimum absolute atomic E-state index is 0.0294. The second-order valence-corrected chi connectivity index (χ2v) is 13.0. The summed E-state index contributed by atoms with van der Waals surface area (Å²) in [5, 5.41) is 3.24. The zero-order valence-electron chi connectivity index (χ0n) is 24.1. The molecule has 0 fully saturated rings. The van der Waals surface area contributed by atoms with Crippen LogP contribution in [0.3, 0.4) is 0 Å². The Morgan fingerprint density at radius 3 is 2.08 bits per heavy atom. The Kier molecular flexibility index (Phi) is 10.8. The van der Waals surface area contributed by atoms with E-state index in [1.165, 1.54) is 0 Å². The third-order valence-electron chi connectivity index (χ3n) is 7.00. The van der Waals surface area contributed by atoms with Crippen LogP contribution in [0.4, 0.5) is 0 Å². The first-order chi connectivity index (χ1) is 17.2. The topological polar surface area (TPSA) is 72.5 Å². The number of Topliss-reactive ketones (excluding diaryl/α,β-unsaturated/α-hetero) is 1. The Morgan fingerprint density at radius 1 is 1.03 bits per heavy atom. The maximum absolute atomic E-state index is 13.2. The van der Waals surface area contributed by atoms with Crippen LogP contribution in [0.15, 0.2) is 58.4 Å². The van der Waals surface area contributed by atoms with Crippen LogP contribution in [-0.4, -0.2) is 41.2 Å². The van der Waals surface area contributed by atoms with Gasteiger partial charge in [-0.2, -0.15) is 11.8 Å². The number of thioether (sulfide) groups is 1. The van der Waals surface area contributed by atoms with E-state index in [1.54, 1.807) is 31.7 Å². The average molecular weight is 528 g/mol. The molecule has 0 heterocycles. The molecule has 0 aromatic heterocycles. The van der Waals surface area contributed by atoms with E-state index < -0.39 is 6.04 Å². The number of nitrogens with one attached hydrogen (secondary N) is 1. The molecule has 0 radical (unpaired) electrons. The van der Waals surface area contributed by atoms with Crippen molar-refractivity contribution in [1.29, 1.82) is 0 Å². The Bertz CT molecular complexity index is 1060. The predicted octanol–water partition coefficient (Wildman–Crippen LogP) is 6.67. The summed E-state index contributed by atoms with van der Waals surface area (Å²) in [4.78, 5) is 39.0. The number of allylic oxidation sites excluding steroid dienone is 10. The number of carbonyl (C=O) groups excluding carboxylic acids is 3. The van der Waals surface area contributed by atoms with Gasteiger partial charge in [0.2, 0.25) is 0 Å². The van der Waals surface area contributed by atoms with Crippen molar-refractivity contribution < 1.29 is 19.1 Å². The van der Waals surface area contributed by atoms with Gasteiger partial charge in [0.05, 0.1) is 6.61 Å². The van der Waals surface area contributed by atoms with Gasteiger partial charge in [-0.25, -0.2) is 4.79 Å². The van der Waals surface area contributed by atoms with E-state index in [0.717, 1.165) is 35.1 Å². The predicted molar refractivity (Wildman–Crippen MR) is 154 cm³/mol. The Balaban J connectivity index is 2.09. The van der Waals surface area contributed by atoms with Crippen LogP contribution in [0.25, 0.3) is 0 Å². The van der Waals surface area contributed by atoms with E-state index in [2.05, 4.69) is 45.2 Å². The summed E-state index contributed by atoms with van der Waals surface area (Å²) >= 11 is 1.57. The molecule has 204 valence electrons. The summed E-state index contributed by atoms with van der Waals surface area (Å²) in [6, 6.07) is -0.615. The van der Waals surface area contributed by atoms with Gasteiger partial charge in [-0.1, -0.05) is 58.9 Å². The molecule has 2 unspecified atom stereocenters. The Labute approximate surface area is 227 Å². The fourth-order valence-electron chi connectivity index (χ4n) is 5.30. The van der Waals surface area contributed by atoms with Gasteiger partial charge >= 0.3 is 5.97 Å². The average Bonchev–Trinajstić information content (AvgIpc) is 2.75. The van der Waals surface area contributed by atoms with Gasteiger partial charge in [0.15, 0.2) is 11.6 Å². The normalized spacial score (nSPS) is 20.5. The van der Waals surface area contributed by atoms with Gasteiger partial charge in [0, 0.05) is 40.3 Å². The van der Waals surface area contributed by atoms with Crippen molar-refractivity contribution in [3.63, 3.8) is 0 Å². The summed E-state index contributed by atoms with van der Waals surface area (Å²) < 4.78 is 5.30. The molecule has 6 heteroatoms. The smallest absolute Gasteiger partial charge is 0.329 e. The molecule has 0 saturated heterocycles. The van der Waals surface area contributed by atoms with Crippen molar-refractivity contribution in [2.24, 2.45) is 10.8 Å². The number of ketones is 2.